The number of carbonyl (C=O) groups is 1. The lowest BCUT2D eigenvalue weighted by molar-refractivity contribution is -0.0908. The van der Waals surface area contributed by atoms with Crippen molar-refractivity contribution < 1.29 is 14.6 Å². The summed E-state index contributed by atoms with van der Waals surface area (Å²) in [5.74, 6) is 0. The number of carbonyl (C=O) groups excluding carboxylic acids is 1. The first-order chi connectivity index (χ1) is 10.1. The van der Waals surface area contributed by atoms with E-state index in [9.17, 15) is 9.90 Å². The topological polar surface area (TPSA) is 49.8 Å². The van der Waals surface area contributed by atoms with Gasteiger partial charge in [0.2, 0.25) is 0 Å². The molecule has 2 aliphatic rings. The highest BCUT2D eigenvalue weighted by atomic mass is 16.6. The second-order valence-electron chi connectivity index (χ2n) is 8.24. The van der Waals surface area contributed by atoms with Gasteiger partial charge in [0.25, 0.3) is 0 Å². The molecule has 2 rings (SSSR count). The second-order valence-corrected chi connectivity index (χ2v) is 8.24. The molecule has 0 spiro atoms. The van der Waals surface area contributed by atoms with Gasteiger partial charge in [-0.25, -0.2) is 4.79 Å². The summed E-state index contributed by atoms with van der Waals surface area (Å²) in [6.07, 6.45) is 6.96. The summed E-state index contributed by atoms with van der Waals surface area (Å²) in [5.41, 5.74) is 0.0837. The molecule has 0 aromatic rings. The Morgan fingerprint density at radius 1 is 1.27 bits per heavy atom. The van der Waals surface area contributed by atoms with Crippen molar-refractivity contribution in [1.82, 2.24) is 4.90 Å². The maximum absolute atomic E-state index is 12.5. The van der Waals surface area contributed by atoms with Crippen molar-refractivity contribution in [1.29, 1.82) is 0 Å². The molecule has 0 aromatic heterocycles. The van der Waals surface area contributed by atoms with Gasteiger partial charge in [-0.1, -0.05) is 11.6 Å². The predicted octanol–water partition coefficient (Wildman–Crippen LogP) is 4.03. The van der Waals surface area contributed by atoms with E-state index in [1.54, 1.807) is 0 Å². The zero-order chi connectivity index (χ0) is 16.5. The van der Waals surface area contributed by atoms with Gasteiger partial charge in [-0.05, 0) is 73.1 Å². The van der Waals surface area contributed by atoms with Crippen LogP contribution in [-0.2, 0) is 4.74 Å². The van der Waals surface area contributed by atoms with Crippen LogP contribution in [0, 0.1) is 0 Å². The van der Waals surface area contributed by atoms with Crippen LogP contribution in [0.25, 0.3) is 0 Å². The van der Waals surface area contributed by atoms with Crippen LogP contribution in [0.3, 0.4) is 0 Å². The van der Waals surface area contributed by atoms with Crippen LogP contribution >= 0.6 is 0 Å². The van der Waals surface area contributed by atoms with Crippen molar-refractivity contribution >= 4 is 6.09 Å². The van der Waals surface area contributed by atoms with Crippen LogP contribution in [-0.4, -0.2) is 39.4 Å². The monoisotopic (exact) mass is 309 g/mol. The fourth-order valence-electron chi connectivity index (χ4n) is 3.70. The Morgan fingerprint density at radius 3 is 2.27 bits per heavy atom. The van der Waals surface area contributed by atoms with E-state index in [2.05, 4.69) is 19.9 Å². The quantitative estimate of drug-likeness (QED) is 0.784. The Bertz CT molecular complexity index is 432. The van der Waals surface area contributed by atoms with Crippen LogP contribution in [0.5, 0.6) is 0 Å². The molecule has 0 saturated carbocycles. The molecule has 126 valence electrons. The highest BCUT2D eigenvalue weighted by Crippen LogP contribution is 2.41. The minimum atomic E-state index is -0.675. The smallest absolute Gasteiger partial charge is 0.410 e. The van der Waals surface area contributed by atoms with Gasteiger partial charge >= 0.3 is 6.09 Å². The van der Waals surface area contributed by atoms with Gasteiger partial charge in [0, 0.05) is 12.1 Å². The lowest BCUT2D eigenvalue weighted by atomic mass is 9.74. The minimum Gasteiger partial charge on any atom is -0.444 e. The normalized spacial score (nSPS) is 31.6. The van der Waals surface area contributed by atoms with Crippen molar-refractivity contribution in [3.05, 3.63) is 11.6 Å². The first-order valence-corrected chi connectivity index (χ1v) is 8.47. The Labute approximate surface area is 134 Å². The number of allylic oxidation sites excluding steroid dienone is 1. The third-order valence-electron chi connectivity index (χ3n) is 4.59. The van der Waals surface area contributed by atoms with Gasteiger partial charge in [0.15, 0.2) is 0 Å². The Kier molecular flexibility index (Phi) is 4.90. The largest absolute Gasteiger partial charge is 0.444 e. The SMILES string of the molecule is CC(C)=CCC1(O)CC2CCCC(C1)N2C(=O)OC(C)(C)C. The molecule has 2 unspecified atom stereocenters. The molecule has 2 aliphatic heterocycles. The molecule has 0 aliphatic carbocycles. The molecular weight excluding hydrogens is 278 g/mol. The van der Waals surface area contributed by atoms with Gasteiger partial charge in [0.05, 0.1) is 5.60 Å². The Hall–Kier alpha value is -1.03. The summed E-state index contributed by atoms with van der Waals surface area (Å²) in [7, 11) is 0. The molecule has 2 saturated heterocycles. The molecule has 0 radical (unpaired) electrons. The number of hydrogen-bond acceptors (Lipinski definition) is 3. The number of aliphatic hydroxyl groups is 1. The van der Waals surface area contributed by atoms with Crippen LogP contribution in [0.1, 0.15) is 73.1 Å². The maximum Gasteiger partial charge on any atom is 0.410 e. The maximum atomic E-state index is 12.5. The Morgan fingerprint density at radius 2 is 1.82 bits per heavy atom. The summed E-state index contributed by atoms with van der Waals surface area (Å²) in [6, 6.07) is 0.218. The lowest BCUT2D eigenvalue weighted by Gasteiger charge is -2.51. The molecule has 2 atom stereocenters. The van der Waals surface area contributed by atoms with Crippen molar-refractivity contribution in [3.63, 3.8) is 0 Å². The third kappa shape index (κ3) is 4.25. The predicted molar refractivity (Wildman–Crippen MR) is 87.7 cm³/mol. The van der Waals surface area contributed by atoms with E-state index in [0.717, 1.165) is 19.3 Å². The molecule has 2 bridgehead atoms. The number of piperidine rings is 2. The fourth-order valence-corrected chi connectivity index (χ4v) is 3.70. The van der Waals surface area contributed by atoms with Gasteiger partial charge in [-0.15, -0.1) is 0 Å². The van der Waals surface area contributed by atoms with Gasteiger partial charge < -0.3 is 14.7 Å². The number of amides is 1. The van der Waals surface area contributed by atoms with Crippen LogP contribution < -0.4 is 0 Å². The summed E-state index contributed by atoms with van der Waals surface area (Å²) >= 11 is 0. The van der Waals surface area contributed by atoms with Gasteiger partial charge in [-0.3, -0.25) is 0 Å². The fraction of sp³-hybridized carbons (Fsp3) is 0.833. The number of hydrogen-bond donors (Lipinski definition) is 1. The molecule has 0 aromatic carbocycles. The van der Waals surface area contributed by atoms with E-state index in [-0.39, 0.29) is 18.2 Å². The summed E-state index contributed by atoms with van der Waals surface area (Å²) in [5, 5.41) is 10.9. The zero-order valence-corrected chi connectivity index (χ0v) is 14.7. The average Bonchev–Trinajstić information content (AvgIpc) is 2.33. The zero-order valence-electron chi connectivity index (χ0n) is 14.7. The summed E-state index contributed by atoms with van der Waals surface area (Å²) < 4.78 is 5.57. The van der Waals surface area contributed by atoms with Crippen LogP contribution in [0.4, 0.5) is 4.79 Å². The average molecular weight is 309 g/mol. The van der Waals surface area contributed by atoms with E-state index in [0.29, 0.717) is 19.3 Å². The highest BCUT2D eigenvalue weighted by molar-refractivity contribution is 5.69. The number of nitrogens with zero attached hydrogens (tertiary/aromatic N) is 1. The van der Waals surface area contributed by atoms with Crippen molar-refractivity contribution in [3.8, 4) is 0 Å². The van der Waals surface area contributed by atoms with Gasteiger partial charge in [-0.2, -0.15) is 0 Å². The van der Waals surface area contributed by atoms with Crippen LogP contribution in [0.15, 0.2) is 11.6 Å². The molecule has 2 fully saturated rings. The van der Waals surface area contributed by atoms with Crippen molar-refractivity contribution in [2.45, 2.75) is 96.4 Å². The summed E-state index contributed by atoms with van der Waals surface area (Å²) in [6.45, 7) is 9.81. The van der Waals surface area contributed by atoms with E-state index < -0.39 is 11.2 Å². The first kappa shape index (κ1) is 17.3. The van der Waals surface area contributed by atoms with E-state index in [1.807, 2.05) is 25.7 Å². The minimum absolute atomic E-state index is 0.109. The van der Waals surface area contributed by atoms with Crippen molar-refractivity contribution in [2.75, 3.05) is 0 Å². The number of rotatable bonds is 2. The molecule has 4 heteroatoms. The van der Waals surface area contributed by atoms with Crippen LogP contribution in [0.2, 0.25) is 0 Å². The molecule has 1 amide bonds. The van der Waals surface area contributed by atoms with Gasteiger partial charge in [0.1, 0.15) is 5.60 Å². The first-order valence-electron chi connectivity index (χ1n) is 8.47. The molecule has 4 nitrogen and oxygen atoms in total. The van der Waals surface area contributed by atoms with E-state index in [4.69, 9.17) is 4.74 Å². The third-order valence-corrected chi connectivity index (χ3v) is 4.59. The van der Waals surface area contributed by atoms with E-state index in [1.165, 1.54) is 5.57 Å². The molecule has 1 N–H and O–H groups in total. The lowest BCUT2D eigenvalue weighted by Crippen LogP contribution is -2.60. The van der Waals surface area contributed by atoms with E-state index >= 15 is 0 Å². The molecule has 22 heavy (non-hydrogen) atoms. The number of ether oxygens (including phenoxy) is 1. The standard InChI is InChI=1S/C18H31NO3/c1-13(2)9-10-18(21)11-14-7-6-8-15(12-18)19(14)16(20)22-17(3,4)5/h9,14-15,21H,6-8,10-12H2,1-5H3. The second kappa shape index (κ2) is 6.23. The highest BCUT2D eigenvalue weighted by Gasteiger charge is 2.47. The Balaban J connectivity index is 2.11. The summed E-state index contributed by atoms with van der Waals surface area (Å²) in [4.78, 5) is 14.4. The molecule has 2 heterocycles. The molecular formula is C18H31NO3. The number of fused-ring (bicyclic) bond motifs is 2. The van der Waals surface area contributed by atoms with Crippen molar-refractivity contribution in [2.24, 2.45) is 0 Å².